The third-order valence-electron chi connectivity index (χ3n) is 6.60. The van der Waals surface area contributed by atoms with Crippen molar-refractivity contribution in [2.45, 2.75) is 54.1 Å². The number of carbonyl (C=O) groups excluding carboxylic acids is 1. The molecule has 182 valence electrons. The number of aryl methyl sites for hydroxylation is 4. The van der Waals surface area contributed by atoms with Gasteiger partial charge in [-0.25, -0.2) is 4.98 Å². The van der Waals surface area contributed by atoms with Gasteiger partial charge in [0.15, 0.2) is 0 Å². The molecule has 1 aromatic heterocycles. The summed E-state index contributed by atoms with van der Waals surface area (Å²) in [6, 6.07) is 19.0. The number of amides is 1. The predicted octanol–water partition coefficient (Wildman–Crippen LogP) is 6.38. The highest BCUT2D eigenvalue weighted by atomic mass is 16.2. The van der Waals surface area contributed by atoms with E-state index in [0.717, 1.165) is 44.9 Å². The third kappa shape index (κ3) is 4.81. The van der Waals surface area contributed by atoms with Gasteiger partial charge in [-0.2, -0.15) is 0 Å². The number of imidazole rings is 1. The molecule has 0 spiro atoms. The van der Waals surface area contributed by atoms with Gasteiger partial charge >= 0.3 is 0 Å². The Morgan fingerprint density at radius 3 is 2.09 bits per heavy atom. The molecule has 0 atom stereocenters. The Morgan fingerprint density at radius 1 is 0.886 bits per heavy atom. The lowest BCUT2D eigenvalue weighted by atomic mass is 9.98. The molecule has 0 unspecified atom stereocenters. The molecule has 0 fully saturated rings. The first-order valence-corrected chi connectivity index (χ1v) is 12.2. The quantitative estimate of drug-likeness (QED) is 0.330. The molecular weight excluding hydrogens is 432 g/mol. The molecule has 1 heterocycles. The number of aromatic nitrogens is 2. The zero-order chi connectivity index (χ0) is 25.4. The maximum atomic E-state index is 13.9. The summed E-state index contributed by atoms with van der Waals surface area (Å²) in [4.78, 5) is 22.9. The summed E-state index contributed by atoms with van der Waals surface area (Å²) in [6.07, 6.45) is 0. The molecule has 5 heteroatoms. The van der Waals surface area contributed by atoms with E-state index in [9.17, 15) is 4.79 Å². The Labute approximate surface area is 209 Å². The van der Waals surface area contributed by atoms with Crippen LogP contribution in [-0.2, 0) is 6.54 Å². The molecule has 3 aromatic carbocycles. The van der Waals surface area contributed by atoms with E-state index in [-0.39, 0.29) is 11.9 Å². The lowest BCUT2D eigenvalue weighted by Gasteiger charge is -2.28. The number of fused-ring (bicyclic) bond motifs is 1. The topological polar surface area (TPSA) is 41.4 Å². The van der Waals surface area contributed by atoms with Crippen LogP contribution in [-0.4, -0.2) is 40.5 Å². The summed E-state index contributed by atoms with van der Waals surface area (Å²) in [5.74, 6) is 0.899. The largest absolute Gasteiger partial charge is 0.378 e. The normalized spacial score (nSPS) is 11.3. The first kappa shape index (κ1) is 24.5. The van der Waals surface area contributed by atoms with Crippen molar-refractivity contribution in [1.82, 2.24) is 14.5 Å². The van der Waals surface area contributed by atoms with Gasteiger partial charge in [0.2, 0.25) is 0 Å². The molecule has 4 aromatic rings. The highest BCUT2D eigenvalue weighted by Gasteiger charge is 2.25. The zero-order valence-electron chi connectivity index (χ0n) is 22.2. The molecule has 0 saturated carbocycles. The molecule has 0 aliphatic heterocycles. The van der Waals surface area contributed by atoms with Crippen LogP contribution in [0.5, 0.6) is 0 Å². The van der Waals surface area contributed by atoms with Gasteiger partial charge in [0.1, 0.15) is 5.82 Å². The number of hydrogen-bond acceptors (Lipinski definition) is 3. The van der Waals surface area contributed by atoms with Gasteiger partial charge < -0.3 is 9.80 Å². The van der Waals surface area contributed by atoms with Crippen molar-refractivity contribution in [3.63, 3.8) is 0 Å². The minimum Gasteiger partial charge on any atom is -0.378 e. The van der Waals surface area contributed by atoms with Crippen LogP contribution < -0.4 is 4.90 Å². The Bertz CT molecular complexity index is 1360. The molecule has 0 aliphatic carbocycles. The van der Waals surface area contributed by atoms with Gasteiger partial charge in [0.05, 0.1) is 17.6 Å². The maximum absolute atomic E-state index is 13.9. The second-order valence-corrected chi connectivity index (χ2v) is 10.1. The Morgan fingerprint density at radius 2 is 1.51 bits per heavy atom. The zero-order valence-corrected chi connectivity index (χ0v) is 22.2. The Balaban J connectivity index is 1.85. The van der Waals surface area contributed by atoms with Crippen molar-refractivity contribution in [2.75, 3.05) is 19.0 Å². The highest BCUT2D eigenvalue weighted by molar-refractivity contribution is 5.97. The molecule has 0 N–H and O–H groups in total. The van der Waals surface area contributed by atoms with Gasteiger partial charge in [-0.05, 0) is 83.0 Å². The van der Waals surface area contributed by atoms with Crippen LogP contribution in [0.1, 0.15) is 52.3 Å². The van der Waals surface area contributed by atoms with Crippen molar-refractivity contribution in [3.8, 4) is 5.69 Å². The average Bonchev–Trinajstić information content (AvgIpc) is 3.14. The van der Waals surface area contributed by atoms with Gasteiger partial charge in [-0.3, -0.25) is 9.36 Å². The number of nitrogens with zero attached hydrogens (tertiary/aromatic N) is 4. The van der Waals surface area contributed by atoms with E-state index in [0.29, 0.717) is 6.54 Å². The Hall–Kier alpha value is -3.60. The fourth-order valence-corrected chi connectivity index (χ4v) is 4.79. The second-order valence-electron chi connectivity index (χ2n) is 10.1. The van der Waals surface area contributed by atoms with Gasteiger partial charge in [0, 0.05) is 37.1 Å². The van der Waals surface area contributed by atoms with Gasteiger partial charge in [-0.15, -0.1) is 0 Å². The maximum Gasteiger partial charge on any atom is 0.255 e. The number of anilines is 1. The Kier molecular flexibility index (Phi) is 6.70. The summed E-state index contributed by atoms with van der Waals surface area (Å²) in [5, 5.41) is 0. The summed E-state index contributed by atoms with van der Waals surface area (Å²) in [7, 11) is 4.06. The summed E-state index contributed by atoms with van der Waals surface area (Å²) >= 11 is 0. The SMILES string of the molecule is Cc1ccc(-n2c(CN(C(=O)c3c(C)cc(C)cc3C)C(C)C)nc3cc(N(C)C)ccc32)cc1. The van der Waals surface area contributed by atoms with Crippen molar-refractivity contribution in [3.05, 3.63) is 88.2 Å². The fraction of sp³-hybridized carbons (Fsp3) is 0.333. The number of carbonyl (C=O) groups is 1. The van der Waals surface area contributed by atoms with E-state index in [1.807, 2.05) is 32.8 Å². The van der Waals surface area contributed by atoms with Crippen LogP contribution >= 0.6 is 0 Å². The molecule has 1 amide bonds. The number of rotatable bonds is 6. The molecule has 0 bridgehead atoms. The van der Waals surface area contributed by atoms with Crippen LogP contribution in [0.3, 0.4) is 0 Å². The van der Waals surface area contributed by atoms with Crippen molar-refractivity contribution < 1.29 is 4.79 Å². The minimum atomic E-state index is 0.0196. The molecule has 0 aliphatic rings. The lowest BCUT2D eigenvalue weighted by Crippen LogP contribution is -2.38. The van der Waals surface area contributed by atoms with E-state index in [1.54, 1.807) is 0 Å². The predicted molar refractivity (Wildman–Crippen MR) is 146 cm³/mol. The standard InChI is InChI=1S/C30H36N4O/c1-19(2)33(30(35)29-22(5)15-21(4)16-23(29)6)18-28-31-26-17-25(32(7)8)13-14-27(26)34(28)24-11-9-20(3)10-12-24/h9-17,19H,18H2,1-8H3. The summed E-state index contributed by atoms with van der Waals surface area (Å²) < 4.78 is 2.19. The first-order valence-electron chi connectivity index (χ1n) is 12.2. The van der Waals surface area contributed by atoms with E-state index in [1.165, 1.54) is 11.1 Å². The van der Waals surface area contributed by atoms with E-state index >= 15 is 0 Å². The lowest BCUT2D eigenvalue weighted by molar-refractivity contribution is 0.0683. The summed E-state index contributed by atoms with van der Waals surface area (Å²) in [5.41, 5.74) is 9.30. The van der Waals surface area contributed by atoms with Crippen molar-refractivity contribution in [2.24, 2.45) is 0 Å². The van der Waals surface area contributed by atoms with Crippen molar-refractivity contribution >= 4 is 22.6 Å². The molecule has 35 heavy (non-hydrogen) atoms. The third-order valence-corrected chi connectivity index (χ3v) is 6.60. The van der Waals surface area contributed by atoms with Crippen molar-refractivity contribution in [1.29, 1.82) is 0 Å². The minimum absolute atomic E-state index is 0.0196. The molecule has 4 rings (SSSR count). The molecule has 5 nitrogen and oxygen atoms in total. The van der Waals surface area contributed by atoms with Crippen LogP contribution in [0.2, 0.25) is 0 Å². The fourth-order valence-electron chi connectivity index (χ4n) is 4.79. The van der Waals surface area contributed by atoms with E-state index < -0.39 is 0 Å². The van der Waals surface area contributed by atoms with Gasteiger partial charge in [0.25, 0.3) is 5.91 Å². The first-order chi connectivity index (χ1) is 16.6. The smallest absolute Gasteiger partial charge is 0.255 e. The monoisotopic (exact) mass is 468 g/mol. The van der Waals surface area contributed by atoms with E-state index in [2.05, 4.69) is 91.8 Å². The van der Waals surface area contributed by atoms with Gasteiger partial charge in [-0.1, -0.05) is 35.4 Å². The average molecular weight is 469 g/mol. The number of hydrogen-bond donors (Lipinski definition) is 0. The van der Waals surface area contributed by atoms with Crippen LogP contribution in [0.4, 0.5) is 5.69 Å². The van der Waals surface area contributed by atoms with E-state index in [4.69, 9.17) is 4.98 Å². The van der Waals surface area contributed by atoms with Crippen LogP contribution in [0.25, 0.3) is 16.7 Å². The summed E-state index contributed by atoms with van der Waals surface area (Å²) in [6.45, 7) is 12.8. The van der Waals surface area contributed by atoms with Crippen LogP contribution in [0.15, 0.2) is 54.6 Å². The van der Waals surface area contributed by atoms with Crippen LogP contribution in [0, 0.1) is 27.7 Å². The highest BCUT2D eigenvalue weighted by Crippen LogP contribution is 2.28. The molecule has 0 radical (unpaired) electrons. The number of benzene rings is 3. The molecule has 0 saturated heterocycles. The second kappa shape index (κ2) is 9.57. The molecular formula is C30H36N4O.